The van der Waals surface area contributed by atoms with Crippen LogP contribution >= 0.6 is 0 Å². The average Bonchev–Trinajstić information content (AvgIpc) is 0.726. The van der Waals surface area contributed by atoms with Crippen molar-refractivity contribution in [3.05, 3.63) is 337 Å². The highest BCUT2D eigenvalue weighted by Crippen LogP contribution is 2.51. The Labute approximate surface area is 616 Å². The number of nitrogens with zero attached hydrogens (tertiary/aromatic N) is 4. The van der Waals surface area contributed by atoms with Crippen molar-refractivity contribution < 1.29 is 0 Å². The van der Waals surface area contributed by atoms with E-state index < -0.39 is 0 Å². The first-order valence-electron chi connectivity index (χ1n) is 37.5. The summed E-state index contributed by atoms with van der Waals surface area (Å²) >= 11 is 0. The minimum absolute atomic E-state index is 0.0864. The van der Waals surface area contributed by atoms with E-state index >= 15 is 0 Å². The van der Waals surface area contributed by atoms with Crippen LogP contribution in [0.4, 0.5) is 68.2 Å². The molecular weight excluding hydrogens is 1260 g/mol. The fraction of sp³-hybridized carbons (Fsp3) is 0.200. The normalized spacial score (nSPS) is 12.1. The smallest absolute Gasteiger partial charge is 0.0540 e. The second-order valence-corrected chi connectivity index (χ2v) is 31.8. The molecule has 0 spiro atoms. The van der Waals surface area contributed by atoms with E-state index in [4.69, 9.17) is 0 Å². The monoisotopic (exact) mass is 1350 g/mol. The van der Waals surface area contributed by atoms with Crippen molar-refractivity contribution in [2.24, 2.45) is 0 Å². The summed E-state index contributed by atoms with van der Waals surface area (Å²) in [4.78, 5) is 9.71. The van der Waals surface area contributed by atoms with Gasteiger partial charge in [-0.05, 0) is 232 Å². The van der Waals surface area contributed by atoms with Crippen molar-refractivity contribution in [2.75, 3.05) is 19.6 Å². The molecule has 0 aromatic heterocycles. The maximum absolute atomic E-state index is 2.44. The van der Waals surface area contributed by atoms with E-state index in [2.05, 4.69) is 420 Å². The van der Waals surface area contributed by atoms with Gasteiger partial charge in [0, 0.05) is 67.0 Å². The molecule has 16 rings (SSSR count). The molecule has 0 saturated heterocycles. The predicted molar refractivity (Wildman–Crippen MR) is 453 cm³/mol. The van der Waals surface area contributed by atoms with E-state index in [9.17, 15) is 0 Å². The van der Waals surface area contributed by atoms with Crippen LogP contribution in [0.25, 0.3) is 64.6 Å². The van der Waals surface area contributed by atoms with Crippen LogP contribution in [-0.4, -0.2) is 0 Å². The molecule has 16 aromatic carbocycles. The zero-order chi connectivity index (χ0) is 72.3. The van der Waals surface area contributed by atoms with Gasteiger partial charge in [0.15, 0.2) is 0 Å². The fourth-order valence-corrected chi connectivity index (χ4v) is 15.4. The largest absolute Gasteiger partial charge is 0.310 e. The molecule has 0 bridgehead atoms. The first kappa shape index (κ1) is 68.6. The van der Waals surface area contributed by atoms with Gasteiger partial charge in [-0.1, -0.05) is 279 Å². The number of rotatable bonds is 16. The Morgan fingerprint density at radius 3 is 0.567 bits per heavy atom. The minimum Gasteiger partial charge on any atom is -0.310 e. The van der Waals surface area contributed by atoms with Crippen LogP contribution in [0.1, 0.15) is 154 Å². The SMILES string of the molecule is CC(C)(C)c1ccc(N(c2ccccc2)c2ccc3ccc4c(N(c5ccccc5)c5ccc(C(C)(C)C)cc5)ccc5ccc2c3c54)cc1.CC(C)c1ccc(N(c2ccc(C(C)C)cc2)c2ccc3ccc4c(N(c5ccc(C(C)C)cc5)c5ccc(C(C)C)cc5)ccc5ccc2c3c54)cc1. The van der Waals surface area contributed by atoms with E-state index in [0.717, 1.165) is 45.5 Å². The van der Waals surface area contributed by atoms with E-state index in [1.54, 1.807) is 0 Å². The van der Waals surface area contributed by atoms with Crippen molar-refractivity contribution in [3.63, 3.8) is 0 Å². The van der Waals surface area contributed by atoms with Gasteiger partial charge in [0.05, 0.1) is 22.7 Å². The van der Waals surface area contributed by atoms with Crippen molar-refractivity contribution >= 4 is 133 Å². The molecule has 0 aliphatic heterocycles. The lowest BCUT2D eigenvalue weighted by Crippen LogP contribution is -2.14. The molecule has 0 saturated carbocycles. The molecule has 516 valence electrons. The minimum atomic E-state index is 0.0864. The molecule has 0 aliphatic rings. The molecule has 0 fully saturated rings. The van der Waals surface area contributed by atoms with Gasteiger partial charge in [-0.2, -0.15) is 0 Å². The van der Waals surface area contributed by atoms with Gasteiger partial charge in [0.2, 0.25) is 0 Å². The molecule has 0 radical (unpaired) electrons. The zero-order valence-corrected chi connectivity index (χ0v) is 63.0. The molecule has 0 aliphatic carbocycles. The number of para-hydroxylation sites is 2. The van der Waals surface area contributed by atoms with Crippen molar-refractivity contribution in [1.82, 2.24) is 0 Å². The summed E-state index contributed by atoms with van der Waals surface area (Å²) in [6.07, 6.45) is 0. The van der Waals surface area contributed by atoms with Crippen LogP contribution in [0.2, 0.25) is 0 Å². The Hall–Kier alpha value is -11.2. The summed E-state index contributed by atoms with van der Waals surface area (Å²) in [7, 11) is 0. The Morgan fingerprint density at radius 1 is 0.192 bits per heavy atom. The lowest BCUT2D eigenvalue weighted by molar-refractivity contribution is 0.590. The number of hydrogen-bond donors (Lipinski definition) is 0. The first-order chi connectivity index (χ1) is 50.2. The number of benzene rings is 16. The van der Waals surface area contributed by atoms with Gasteiger partial charge in [-0.15, -0.1) is 0 Å². The summed E-state index contributed by atoms with van der Waals surface area (Å²) in [5.74, 6) is 1.90. The van der Waals surface area contributed by atoms with Crippen LogP contribution in [0, 0.1) is 0 Å². The lowest BCUT2D eigenvalue weighted by Gasteiger charge is -2.30. The highest BCUT2D eigenvalue weighted by atomic mass is 15.2. The van der Waals surface area contributed by atoms with E-state index in [0.29, 0.717) is 23.7 Å². The Kier molecular flexibility index (Phi) is 18.4. The van der Waals surface area contributed by atoms with Crippen molar-refractivity contribution in [3.8, 4) is 0 Å². The summed E-state index contributed by atoms with van der Waals surface area (Å²) in [6.45, 7) is 31.7. The molecule has 0 unspecified atom stereocenters. The summed E-state index contributed by atoms with van der Waals surface area (Å²) < 4.78 is 0. The molecular formula is C100H96N4. The van der Waals surface area contributed by atoms with Crippen LogP contribution in [0.15, 0.2) is 303 Å². The van der Waals surface area contributed by atoms with Gasteiger partial charge in [0.25, 0.3) is 0 Å². The maximum Gasteiger partial charge on any atom is 0.0540 e. The molecule has 0 N–H and O–H groups in total. The second-order valence-electron chi connectivity index (χ2n) is 31.8. The molecule has 0 atom stereocenters. The second kappa shape index (κ2) is 27.9. The third kappa shape index (κ3) is 13.1. The number of anilines is 12. The quantitative estimate of drug-likeness (QED) is 0.0894. The molecule has 4 heteroatoms. The molecule has 104 heavy (non-hydrogen) atoms. The van der Waals surface area contributed by atoms with Crippen molar-refractivity contribution in [1.29, 1.82) is 0 Å². The predicted octanol–water partition coefficient (Wildman–Crippen LogP) is 30.1. The van der Waals surface area contributed by atoms with Crippen LogP contribution in [-0.2, 0) is 10.8 Å². The van der Waals surface area contributed by atoms with Gasteiger partial charge in [-0.25, -0.2) is 0 Å². The van der Waals surface area contributed by atoms with Crippen LogP contribution in [0.3, 0.4) is 0 Å². The van der Waals surface area contributed by atoms with Crippen LogP contribution < -0.4 is 19.6 Å². The Morgan fingerprint density at radius 2 is 0.375 bits per heavy atom. The zero-order valence-electron chi connectivity index (χ0n) is 63.0. The van der Waals surface area contributed by atoms with Crippen molar-refractivity contribution in [2.45, 2.75) is 131 Å². The van der Waals surface area contributed by atoms with E-state index in [1.165, 1.54) is 121 Å². The summed E-state index contributed by atoms with van der Waals surface area (Å²) in [6, 6.07) is 113. The Bertz CT molecular complexity index is 5190. The summed E-state index contributed by atoms with van der Waals surface area (Å²) in [5.41, 5.74) is 22.1. The molecule has 4 nitrogen and oxygen atoms in total. The third-order valence-corrected chi connectivity index (χ3v) is 21.5. The highest BCUT2D eigenvalue weighted by Gasteiger charge is 2.26. The third-order valence-electron chi connectivity index (χ3n) is 21.5. The Balaban J connectivity index is 0.000000168. The van der Waals surface area contributed by atoms with Gasteiger partial charge in [0.1, 0.15) is 0 Å². The summed E-state index contributed by atoms with van der Waals surface area (Å²) in [5, 5.41) is 15.2. The lowest BCUT2D eigenvalue weighted by atomic mass is 9.87. The van der Waals surface area contributed by atoms with Gasteiger partial charge in [-0.3, -0.25) is 0 Å². The van der Waals surface area contributed by atoms with E-state index in [-0.39, 0.29) is 10.8 Å². The van der Waals surface area contributed by atoms with Gasteiger partial charge >= 0.3 is 0 Å². The molecule has 16 aromatic rings. The topological polar surface area (TPSA) is 13.0 Å². The van der Waals surface area contributed by atoms with Crippen LogP contribution in [0.5, 0.6) is 0 Å². The average molecular weight is 1350 g/mol. The highest BCUT2D eigenvalue weighted by molar-refractivity contribution is 6.29. The molecule has 0 heterocycles. The fourth-order valence-electron chi connectivity index (χ4n) is 15.4. The van der Waals surface area contributed by atoms with Gasteiger partial charge < -0.3 is 19.6 Å². The standard InChI is InChI=1S/C52H52N2.C48H44N2/c1-33(2)37-9-21-43(22-10-37)53(44-23-11-38(12-24-44)34(3)4)49-31-19-41-18-30-48-50(32-20-42-17-29-47(49)51(41)52(42)48)54(45-25-13-39(14-26-45)35(5)6)46-27-15-40(16-28-46)36(7)8;1-47(2,3)35-21-25-39(26-22-35)49(37-13-9-7-10-14-37)43-31-19-33-18-30-42-44(32-20-34-17-29-41(43)45(33)46(34)42)50(38-15-11-8-12-16-38)40-27-23-36(24-28-40)48(4,5)6/h9-36H,1-8H3;7-32H,1-6H3. The number of hydrogen-bond acceptors (Lipinski definition) is 4. The van der Waals surface area contributed by atoms with E-state index in [1.807, 2.05) is 0 Å². The first-order valence-corrected chi connectivity index (χ1v) is 37.5. The molecule has 0 amide bonds. The maximum atomic E-state index is 2.44.